The number of rotatable bonds is 4. The molecule has 0 aromatic rings. The molecule has 0 rings (SSSR count). The summed E-state index contributed by atoms with van der Waals surface area (Å²) >= 11 is 0. The van der Waals surface area contributed by atoms with Crippen molar-refractivity contribution >= 4 is 12.0 Å². The Bertz CT molecular complexity index is 169. The highest BCUT2D eigenvalue weighted by molar-refractivity contribution is 5.80. The molecule has 12 heavy (non-hydrogen) atoms. The third-order valence-electron chi connectivity index (χ3n) is 1.11. The fraction of sp³-hybridized carbons (Fsp3) is 0.667. The molecule has 0 spiro atoms. The van der Waals surface area contributed by atoms with E-state index in [1.54, 1.807) is 6.92 Å². The smallest absolute Gasteiger partial charge is 0.404 e. The van der Waals surface area contributed by atoms with E-state index in [1.807, 2.05) is 0 Å². The van der Waals surface area contributed by atoms with Gasteiger partial charge in [0.05, 0.1) is 6.04 Å². The molecule has 0 aliphatic heterocycles. The first-order valence-electron chi connectivity index (χ1n) is 3.54. The predicted octanol–water partition coefficient (Wildman–Crippen LogP) is -1.28. The highest BCUT2D eigenvalue weighted by atomic mass is 16.4. The molecule has 2 amide bonds. The molecule has 6 nitrogen and oxygen atoms in total. The van der Waals surface area contributed by atoms with Crippen molar-refractivity contribution in [1.82, 2.24) is 10.6 Å². The SMILES string of the molecule is C[C@H](N)C(=O)NCCNC(=O)O. The molecule has 0 saturated heterocycles. The number of hydrogen-bond acceptors (Lipinski definition) is 3. The summed E-state index contributed by atoms with van der Waals surface area (Å²) in [6.45, 7) is 2.00. The Morgan fingerprint density at radius 2 is 1.92 bits per heavy atom. The lowest BCUT2D eigenvalue weighted by atomic mass is 10.3. The number of carbonyl (C=O) groups is 2. The van der Waals surface area contributed by atoms with Crippen LogP contribution in [0.1, 0.15) is 6.92 Å². The Morgan fingerprint density at radius 3 is 2.33 bits per heavy atom. The van der Waals surface area contributed by atoms with E-state index in [4.69, 9.17) is 10.8 Å². The van der Waals surface area contributed by atoms with Crippen molar-refractivity contribution in [2.45, 2.75) is 13.0 Å². The normalized spacial score (nSPS) is 11.8. The molecule has 6 heteroatoms. The molecule has 0 aliphatic rings. The Labute approximate surface area is 70.1 Å². The van der Waals surface area contributed by atoms with Crippen LogP contribution in [0.3, 0.4) is 0 Å². The molecule has 0 aliphatic carbocycles. The average Bonchev–Trinajstić information content (AvgIpc) is 1.97. The Morgan fingerprint density at radius 1 is 1.42 bits per heavy atom. The second-order valence-electron chi connectivity index (χ2n) is 2.31. The maximum absolute atomic E-state index is 10.8. The Balaban J connectivity index is 3.32. The van der Waals surface area contributed by atoms with Gasteiger partial charge >= 0.3 is 6.09 Å². The van der Waals surface area contributed by atoms with Gasteiger partial charge in [-0.15, -0.1) is 0 Å². The third kappa shape index (κ3) is 5.48. The van der Waals surface area contributed by atoms with E-state index < -0.39 is 12.1 Å². The molecule has 0 radical (unpaired) electrons. The van der Waals surface area contributed by atoms with Crippen LogP contribution in [0.5, 0.6) is 0 Å². The maximum Gasteiger partial charge on any atom is 0.404 e. The molecule has 0 saturated carbocycles. The summed E-state index contributed by atoms with van der Waals surface area (Å²) in [7, 11) is 0. The van der Waals surface area contributed by atoms with Crippen LogP contribution in [-0.4, -0.2) is 36.2 Å². The summed E-state index contributed by atoms with van der Waals surface area (Å²) < 4.78 is 0. The lowest BCUT2D eigenvalue weighted by Gasteiger charge is -2.06. The molecule has 0 fully saturated rings. The quantitative estimate of drug-likeness (QED) is 0.399. The summed E-state index contributed by atoms with van der Waals surface area (Å²) in [5, 5.41) is 12.7. The zero-order valence-electron chi connectivity index (χ0n) is 6.83. The number of nitrogens with one attached hydrogen (secondary N) is 2. The van der Waals surface area contributed by atoms with E-state index in [0.717, 1.165) is 0 Å². The summed E-state index contributed by atoms with van der Waals surface area (Å²) in [4.78, 5) is 20.7. The zero-order chi connectivity index (χ0) is 9.56. The second kappa shape index (κ2) is 5.36. The lowest BCUT2D eigenvalue weighted by molar-refractivity contribution is -0.121. The molecule has 70 valence electrons. The molecule has 0 unspecified atom stereocenters. The molecule has 0 heterocycles. The van der Waals surface area contributed by atoms with Crippen LogP contribution < -0.4 is 16.4 Å². The van der Waals surface area contributed by atoms with E-state index in [0.29, 0.717) is 0 Å². The van der Waals surface area contributed by atoms with Gasteiger partial charge in [-0.05, 0) is 6.92 Å². The summed E-state index contributed by atoms with van der Waals surface area (Å²) in [5.41, 5.74) is 5.23. The van der Waals surface area contributed by atoms with Crippen LogP contribution in [0, 0.1) is 0 Å². The summed E-state index contributed by atoms with van der Waals surface area (Å²) in [5.74, 6) is -0.290. The van der Waals surface area contributed by atoms with Gasteiger partial charge in [-0.3, -0.25) is 4.79 Å². The minimum absolute atomic E-state index is 0.188. The van der Waals surface area contributed by atoms with Gasteiger partial charge in [0.2, 0.25) is 5.91 Å². The topological polar surface area (TPSA) is 104 Å². The molecule has 1 atom stereocenters. The van der Waals surface area contributed by atoms with E-state index in [1.165, 1.54) is 0 Å². The fourth-order valence-electron chi connectivity index (χ4n) is 0.516. The van der Waals surface area contributed by atoms with Crippen LogP contribution in [0.25, 0.3) is 0 Å². The van der Waals surface area contributed by atoms with Gasteiger partial charge in [-0.25, -0.2) is 4.79 Å². The van der Waals surface area contributed by atoms with Crippen molar-refractivity contribution < 1.29 is 14.7 Å². The summed E-state index contributed by atoms with van der Waals surface area (Å²) in [6.07, 6.45) is -1.11. The van der Waals surface area contributed by atoms with Crippen molar-refractivity contribution in [1.29, 1.82) is 0 Å². The number of amides is 2. The molecular weight excluding hydrogens is 162 g/mol. The highest BCUT2D eigenvalue weighted by Crippen LogP contribution is 1.73. The number of carboxylic acid groups (broad SMARTS) is 1. The van der Waals surface area contributed by atoms with Gasteiger partial charge in [0.1, 0.15) is 0 Å². The Hall–Kier alpha value is -1.30. The molecule has 0 aromatic heterocycles. The minimum atomic E-state index is -1.11. The average molecular weight is 175 g/mol. The van der Waals surface area contributed by atoms with Gasteiger partial charge < -0.3 is 21.5 Å². The van der Waals surface area contributed by atoms with Crippen molar-refractivity contribution in [2.75, 3.05) is 13.1 Å². The fourth-order valence-corrected chi connectivity index (χ4v) is 0.516. The van der Waals surface area contributed by atoms with Crippen molar-refractivity contribution in [3.63, 3.8) is 0 Å². The lowest BCUT2D eigenvalue weighted by Crippen LogP contribution is -2.41. The van der Waals surface area contributed by atoms with E-state index in [2.05, 4.69) is 10.6 Å². The van der Waals surface area contributed by atoms with Crippen molar-refractivity contribution in [3.05, 3.63) is 0 Å². The van der Waals surface area contributed by atoms with E-state index in [-0.39, 0.29) is 19.0 Å². The standard InChI is InChI=1S/C6H13N3O3/c1-4(7)5(10)8-2-3-9-6(11)12/h4,9H,2-3,7H2,1H3,(H,8,10)(H,11,12)/t4-/m0/s1. The molecule has 0 aromatic carbocycles. The van der Waals surface area contributed by atoms with Gasteiger partial charge in [-0.1, -0.05) is 0 Å². The molecular formula is C6H13N3O3. The van der Waals surface area contributed by atoms with Crippen LogP contribution >= 0.6 is 0 Å². The van der Waals surface area contributed by atoms with Crippen LogP contribution in [0.4, 0.5) is 4.79 Å². The highest BCUT2D eigenvalue weighted by Gasteiger charge is 2.04. The second-order valence-corrected chi connectivity index (χ2v) is 2.31. The molecule has 5 N–H and O–H groups in total. The van der Waals surface area contributed by atoms with Gasteiger partial charge in [-0.2, -0.15) is 0 Å². The zero-order valence-corrected chi connectivity index (χ0v) is 6.83. The van der Waals surface area contributed by atoms with E-state index >= 15 is 0 Å². The number of nitrogens with two attached hydrogens (primary N) is 1. The van der Waals surface area contributed by atoms with Gasteiger partial charge in [0.25, 0.3) is 0 Å². The predicted molar refractivity (Wildman–Crippen MR) is 42.7 cm³/mol. The van der Waals surface area contributed by atoms with Gasteiger partial charge in [0.15, 0.2) is 0 Å². The van der Waals surface area contributed by atoms with Crippen molar-refractivity contribution in [3.8, 4) is 0 Å². The first-order valence-corrected chi connectivity index (χ1v) is 3.54. The Kier molecular flexibility index (Phi) is 4.78. The number of carbonyl (C=O) groups excluding carboxylic acids is 1. The maximum atomic E-state index is 10.8. The van der Waals surface area contributed by atoms with Crippen LogP contribution in [0.2, 0.25) is 0 Å². The van der Waals surface area contributed by atoms with Gasteiger partial charge in [0, 0.05) is 13.1 Å². The number of hydrogen-bond donors (Lipinski definition) is 4. The summed E-state index contributed by atoms with van der Waals surface area (Å²) in [6, 6.07) is -0.560. The first kappa shape index (κ1) is 10.7. The van der Waals surface area contributed by atoms with Crippen LogP contribution in [-0.2, 0) is 4.79 Å². The van der Waals surface area contributed by atoms with Crippen molar-refractivity contribution in [2.24, 2.45) is 5.73 Å². The monoisotopic (exact) mass is 175 g/mol. The first-order chi connectivity index (χ1) is 5.54. The van der Waals surface area contributed by atoms with E-state index in [9.17, 15) is 9.59 Å². The third-order valence-corrected chi connectivity index (χ3v) is 1.11. The minimum Gasteiger partial charge on any atom is -0.465 e. The largest absolute Gasteiger partial charge is 0.465 e. The van der Waals surface area contributed by atoms with Crippen LogP contribution in [0.15, 0.2) is 0 Å². The molecule has 0 bridgehead atoms.